The first-order valence-electron chi connectivity index (χ1n) is 9.57. The molecular formula is C20H29Cl2N3O2. The number of carbonyl (C=O) groups is 2. The minimum Gasteiger partial charge on any atom is -0.339 e. The summed E-state index contributed by atoms with van der Waals surface area (Å²) in [7, 11) is 0. The third-order valence-electron chi connectivity index (χ3n) is 5.68. The molecule has 3 N–H and O–H groups in total. The van der Waals surface area contributed by atoms with E-state index >= 15 is 0 Å². The van der Waals surface area contributed by atoms with Crippen LogP contribution in [0.25, 0.3) is 0 Å². The summed E-state index contributed by atoms with van der Waals surface area (Å²) in [4.78, 5) is 27.1. The standard InChI is InChI=1S/C20H28ClN3O2.ClH/c1-20(22)10-4-3-7-16(20)18(25)23-14-8-9-15(17(21)13-14)19(26)24-11-5-2-6-12-24;/h8-9,13,16H,2-7,10-12,22H2,1H3,(H,23,25);1H. The van der Waals surface area contributed by atoms with Crippen LogP contribution in [0.5, 0.6) is 0 Å². The van der Waals surface area contributed by atoms with Crippen molar-refractivity contribution in [3.63, 3.8) is 0 Å². The van der Waals surface area contributed by atoms with Crippen molar-refractivity contribution in [2.24, 2.45) is 11.7 Å². The Labute approximate surface area is 172 Å². The molecule has 0 spiro atoms. The Kier molecular flexibility index (Phi) is 7.55. The van der Waals surface area contributed by atoms with Gasteiger partial charge in [0.05, 0.1) is 16.5 Å². The Hall–Kier alpha value is -1.30. The van der Waals surface area contributed by atoms with Gasteiger partial charge in [-0.3, -0.25) is 9.59 Å². The van der Waals surface area contributed by atoms with E-state index in [2.05, 4.69) is 5.32 Å². The summed E-state index contributed by atoms with van der Waals surface area (Å²) in [5.41, 5.74) is 6.94. The predicted molar refractivity (Wildman–Crippen MR) is 112 cm³/mol. The van der Waals surface area contributed by atoms with E-state index in [0.717, 1.165) is 51.6 Å². The van der Waals surface area contributed by atoms with Crippen molar-refractivity contribution in [1.82, 2.24) is 4.90 Å². The molecule has 1 heterocycles. The molecule has 2 amide bonds. The molecule has 2 fully saturated rings. The maximum atomic E-state index is 12.7. The Balaban J connectivity index is 0.00000261. The molecule has 150 valence electrons. The first-order valence-corrected chi connectivity index (χ1v) is 9.95. The zero-order chi connectivity index (χ0) is 18.7. The van der Waals surface area contributed by atoms with E-state index in [-0.39, 0.29) is 30.1 Å². The topological polar surface area (TPSA) is 75.4 Å². The first kappa shape index (κ1) is 22.0. The van der Waals surface area contributed by atoms with E-state index in [4.69, 9.17) is 17.3 Å². The lowest BCUT2D eigenvalue weighted by Crippen LogP contribution is -2.51. The monoisotopic (exact) mass is 413 g/mol. The van der Waals surface area contributed by atoms with Gasteiger partial charge in [0.25, 0.3) is 5.91 Å². The highest BCUT2D eigenvalue weighted by Crippen LogP contribution is 2.33. The van der Waals surface area contributed by atoms with Crippen LogP contribution in [0.3, 0.4) is 0 Å². The second-order valence-corrected chi connectivity index (χ2v) is 8.25. The van der Waals surface area contributed by atoms with Crippen LogP contribution in [0, 0.1) is 5.92 Å². The number of anilines is 1. The maximum Gasteiger partial charge on any atom is 0.255 e. The highest BCUT2D eigenvalue weighted by atomic mass is 35.5. The Bertz CT molecular complexity index is 688. The lowest BCUT2D eigenvalue weighted by atomic mass is 9.74. The average Bonchev–Trinajstić information content (AvgIpc) is 2.61. The van der Waals surface area contributed by atoms with Gasteiger partial charge >= 0.3 is 0 Å². The van der Waals surface area contributed by atoms with Crippen molar-refractivity contribution in [1.29, 1.82) is 0 Å². The van der Waals surface area contributed by atoms with Crippen LogP contribution in [0.4, 0.5) is 5.69 Å². The number of benzene rings is 1. The van der Waals surface area contributed by atoms with Gasteiger partial charge in [0.15, 0.2) is 0 Å². The van der Waals surface area contributed by atoms with E-state index in [0.29, 0.717) is 16.3 Å². The second-order valence-electron chi connectivity index (χ2n) is 7.84. The van der Waals surface area contributed by atoms with Crippen molar-refractivity contribution in [3.8, 4) is 0 Å². The number of rotatable bonds is 3. The molecule has 1 saturated carbocycles. The van der Waals surface area contributed by atoms with Gasteiger partial charge in [0, 0.05) is 24.3 Å². The van der Waals surface area contributed by atoms with Gasteiger partial charge in [0.2, 0.25) is 5.91 Å². The van der Waals surface area contributed by atoms with E-state index in [1.165, 1.54) is 6.42 Å². The Morgan fingerprint density at radius 1 is 1.19 bits per heavy atom. The maximum absolute atomic E-state index is 12.7. The number of amides is 2. The highest BCUT2D eigenvalue weighted by Gasteiger charge is 2.37. The van der Waals surface area contributed by atoms with Gasteiger partial charge in [-0.2, -0.15) is 0 Å². The van der Waals surface area contributed by atoms with E-state index in [9.17, 15) is 9.59 Å². The van der Waals surface area contributed by atoms with Crippen LogP contribution < -0.4 is 11.1 Å². The minimum absolute atomic E-state index is 0. The number of piperidine rings is 1. The molecule has 5 nitrogen and oxygen atoms in total. The van der Waals surface area contributed by atoms with Crippen molar-refractivity contribution < 1.29 is 9.59 Å². The summed E-state index contributed by atoms with van der Waals surface area (Å²) in [6, 6.07) is 5.11. The van der Waals surface area contributed by atoms with Gasteiger partial charge in [-0.25, -0.2) is 0 Å². The van der Waals surface area contributed by atoms with Crippen LogP contribution in [0.2, 0.25) is 5.02 Å². The zero-order valence-corrected chi connectivity index (χ0v) is 17.4. The van der Waals surface area contributed by atoms with Crippen LogP contribution in [0.15, 0.2) is 18.2 Å². The van der Waals surface area contributed by atoms with Gasteiger partial charge in [0.1, 0.15) is 0 Å². The van der Waals surface area contributed by atoms with Crippen LogP contribution >= 0.6 is 24.0 Å². The number of nitrogens with one attached hydrogen (secondary N) is 1. The molecule has 1 aromatic carbocycles. The number of carbonyl (C=O) groups excluding carboxylic acids is 2. The molecule has 1 aliphatic heterocycles. The third kappa shape index (κ3) is 5.15. The fraction of sp³-hybridized carbons (Fsp3) is 0.600. The van der Waals surface area contributed by atoms with E-state index in [1.807, 2.05) is 11.8 Å². The number of likely N-dealkylation sites (tertiary alicyclic amines) is 1. The van der Waals surface area contributed by atoms with Crippen molar-refractivity contribution in [2.75, 3.05) is 18.4 Å². The van der Waals surface area contributed by atoms with Gasteiger partial charge in [-0.1, -0.05) is 24.4 Å². The van der Waals surface area contributed by atoms with Gasteiger partial charge in [-0.15, -0.1) is 12.4 Å². The lowest BCUT2D eigenvalue weighted by Gasteiger charge is -2.37. The summed E-state index contributed by atoms with van der Waals surface area (Å²) in [6.07, 6.45) is 7.00. The molecule has 1 aromatic rings. The molecule has 3 rings (SSSR count). The van der Waals surface area contributed by atoms with Crippen molar-refractivity contribution in [3.05, 3.63) is 28.8 Å². The largest absolute Gasteiger partial charge is 0.339 e. The molecule has 2 aliphatic rings. The fourth-order valence-electron chi connectivity index (χ4n) is 4.05. The lowest BCUT2D eigenvalue weighted by molar-refractivity contribution is -0.122. The number of nitrogens with two attached hydrogens (primary N) is 1. The predicted octanol–water partition coefficient (Wildman–Crippen LogP) is 4.23. The summed E-state index contributed by atoms with van der Waals surface area (Å²) < 4.78 is 0. The normalized spacial score (nSPS) is 25.4. The molecular weight excluding hydrogens is 385 g/mol. The van der Waals surface area contributed by atoms with E-state index < -0.39 is 5.54 Å². The van der Waals surface area contributed by atoms with Crippen molar-refractivity contribution in [2.45, 2.75) is 57.4 Å². The second kappa shape index (κ2) is 9.26. The molecule has 1 saturated heterocycles. The molecule has 27 heavy (non-hydrogen) atoms. The van der Waals surface area contributed by atoms with Crippen molar-refractivity contribution >= 4 is 41.5 Å². The number of halogens is 2. The quantitative estimate of drug-likeness (QED) is 0.777. The number of hydrogen-bond donors (Lipinski definition) is 2. The minimum atomic E-state index is -0.476. The number of nitrogens with zero attached hydrogens (tertiary/aromatic N) is 1. The molecule has 1 aliphatic carbocycles. The molecule has 0 aromatic heterocycles. The van der Waals surface area contributed by atoms with Gasteiger partial charge < -0.3 is 16.0 Å². The summed E-state index contributed by atoms with van der Waals surface area (Å²) in [6.45, 7) is 3.51. The fourth-order valence-corrected chi connectivity index (χ4v) is 4.31. The van der Waals surface area contributed by atoms with Crippen LogP contribution in [-0.4, -0.2) is 35.3 Å². The molecule has 7 heteroatoms. The van der Waals surface area contributed by atoms with Gasteiger partial charge in [-0.05, 0) is 57.2 Å². The third-order valence-corrected chi connectivity index (χ3v) is 5.99. The Morgan fingerprint density at radius 2 is 1.89 bits per heavy atom. The number of hydrogen-bond acceptors (Lipinski definition) is 3. The van der Waals surface area contributed by atoms with Crippen LogP contribution in [0.1, 0.15) is 62.2 Å². The molecule has 0 bridgehead atoms. The smallest absolute Gasteiger partial charge is 0.255 e. The van der Waals surface area contributed by atoms with E-state index in [1.54, 1.807) is 18.2 Å². The summed E-state index contributed by atoms with van der Waals surface area (Å²) in [5, 5.41) is 3.30. The average molecular weight is 414 g/mol. The SMILES string of the molecule is CC1(N)CCCCC1C(=O)Nc1ccc(C(=O)N2CCCCC2)c(Cl)c1.Cl. The zero-order valence-electron chi connectivity index (χ0n) is 15.8. The molecule has 0 radical (unpaired) electrons. The highest BCUT2D eigenvalue weighted by molar-refractivity contribution is 6.34. The Morgan fingerprint density at radius 3 is 2.52 bits per heavy atom. The first-order chi connectivity index (χ1) is 12.4. The van der Waals surface area contributed by atoms with Crippen LogP contribution in [-0.2, 0) is 4.79 Å². The summed E-state index contributed by atoms with van der Waals surface area (Å²) in [5.74, 6) is -0.306. The molecule has 2 unspecified atom stereocenters. The summed E-state index contributed by atoms with van der Waals surface area (Å²) >= 11 is 6.35. The molecule has 2 atom stereocenters.